The minimum atomic E-state index is -0.528. The van der Waals surface area contributed by atoms with E-state index in [9.17, 15) is 9.59 Å². The number of amidine groups is 1. The molecule has 0 aliphatic carbocycles. The molecule has 1 aliphatic rings. The molecule has 0 aromatic carbocycles. The summed E-state index contributed by atoms with van der Waals surface area (Å²) in [5.74, 6) is 0.173. The number of anilines is 3. The highest BCUT2D eigenvalue weighted by molar-refractivity contribution is 7.80. The summed E-state index contributed by atoms with van der Waals surface area (Å²) in [6, 6.07) is 3.18. The van der Waals surface area contributed by atoms with Gasteiger partial charge in [0.15, 0.2) is 0 Å². The van der Waals surface area contributed by atoms with E-state index in [2.05, 4.69) is 46.3 Å². The Morgan fingerprint density at radius 1 is 1.30 bits per heavy atom. The fourth-order valence-corrected chi connectivity index (χ4v) is 2.61. The molecule has 0 bridgehead atoms. The van der Waals surface area contributed by atoms with Crippen LogP contribution in [0.3, 0.4) is 0 Å². The Morgan fingerprint density at radius 3 is 2.77 bits per heavy atom. The summed E-state index contributed by atoms with van der Waals surface area (Å²) in [4.78, 5) is 45.3. The van der Waals surface area contributed by atoms with E-state index in [0.717, 1.165) is 11.4 Å². The lowest BCUT2D eigenvalue weighted by molar-refractivity contribution is -0.126. The van der Waals surface area contributed by atoms with Crippen LogP contribution >= 0.6 is 12.2 Å². The van der Waals surface area contributed by atoms with Crippen molar-refractivity contribution in [2.45, 2.75) is 19.8 Å². The van der Waals surface area contributed by atoms with Crippen LogP contribution in [0.4, 0.5) is 17.8 Å². The minimum Gasteiger partial charge on any atom is -0.357 e. The van der Waals surface area contributed by atoms with Gasteiger partial charge in [0.1, 0.15) is 5.84 Å². The number of pyridine rings is 1. The van der Waals surface area contributed by atoms with Gasteiger partial charge < -0.3 is 10.6 Å². The van der Waals surface area contributed by atoms with Crippen molar-refractivity contribution < 1.29 is 9.59 Å². The predicted octanol–water partition coefficient (Wildman–Crippen LogP) is 0.803. The topological polar surface area (TPSA) is 149 Å². The Morgan fingerprint density at radius 2 is 2.07 bits per heavy atom. The zero-order valence-electron chi connectivity index (χ0n) is 16.3. The quantitative estimate of drug-likeness (QED) is 0.382. The van der Waals surface area contributed by atoms with E-state index in [0.29, 0.717) is 18.4 Å². The summed E-state index contributed by atoms with van der Waals surface area (Å²) in [5, 5.41) is 9.60. The molecule has 2 aromatic rings. The van der Waals surface area contributed by atoms with Crippen LogP contribution in [0.1, 0.15) is 30.1 Å². The molecule has 1 aliphatic heterocycles. The summed E-state index contributed by atoms with van der Waals surface area (Å²) in [6.45, 7) is 2.72. The maximum Gasteiger partial charge on any atom is 0.281 e. The Balaban J connectivity index is 1.68. The van der Waals surface area contributed by atoms with E-state index in [1.165, 1.54) is 12.4 Å². The maximum absolute atomic E-state index is 12.4. The summed E-state index contributed by atoms with van der Waals surface area (Å²) in [6.07, 6.45) is 3.72. The van der Waals surface area contributed by atoms with Crippen LogP contribution in [0.25, 0.3) is 0 Å². The van der Waals surface area contributed by atoms with E-state index in [4.69, 9.17) is 12.2 Å². The Hall–Kier alpha value is -3.74. The van der Waals surface area contributed by atoms with Crippen molar-refractivity contribution in [1.29, 1.82) is 0 Å². The first-order valence-electron chi connectivity index (χ1n) is 9.10. The molecule has 3 heterocycles. The van der Waals surface area contributed by atoms with Gasteiger partial charge in [-0.2, -0.15) is 20.0 Å². The smallest absolute Gasteiger partial charge is 0.281 e. The number of imide groups is 1. The number of thiocarbonyl (C=S) groups is 1. The molecule has 0 saturated carbocycles. The molecule has 0 atom stereocenters. The van der Waals surface area contributed by atoms with Crippen LogP contribution in [-0.4, -0.2) is 61.3 Å². The molecular formula is C17H20N10O2S. The average molecular weight is 428 g/mol. The van der Waals surface area contributed by atoms with Crippen molar-refractivity contribution in [2.24, 2.45) is 4.99 Å². The first kappa shape index (κ1) is 21.0. The highest BCUT2D eigenvalue weighted by Crippen LogP contribution is 2.11. The summed E-state index contributed by atoms with van der Waals surface area (Å²) in [5.41, 5.74) is 2.94. The predicted molar refractivity (Wildman–Crippen MR) is 115 cm³/mol. The second kappa shape index (κ2) is 9.65. The van der Waals surface area contributed by atoms with Gasteiger partial charge in [0, 0.05) is 26.0 Å². The van der Waals surface area contributed by atoms with Gasteiger partial charge in [0.2, 0.25) is 23.0 Å². The molecule has 2 aromatic heterocycles. The van der Waals surface area contributed by atoms with Crippen molar-refractivity contribution in [2.75, 3.05) is 29.5 Å². The normalized spacial score (nSPS) is 14.4. The van der Waals surface area contributed by atoms with Gasteiger partial charge in [-0.05, 0) is 30.8 Å². The molecule has 13 heteroatoms. The fraction of sp³-hybridized carbons (Fsp3) is 0.294. The molecule has 0 spiro atoms. The minimum absolute atomic E-state index is 0.0238. The number of rotatable bonds is 6. The van der Waals surface area contributed by atoms with Crippen molar-refractivity contribution in [1.82, 2.24) is 30.4 Å². The van der Waals surface area contributed by atoms with Gasteiger partial charge in [-0.3, -0.25) is 25.3 Å². The number of nitrogens with one attached hydrogen (secondary N) is 4. The summed E-state index contributed by atoms with van der Waals surface area (Å²) >= 11 is 5.21. The van der Waals surface area contributed by atoms with Gasteiger partial charge >= 0.3 is 0 Å². The Bertz CT molecular complexity index is 982. The van der Waals surface area contributed by atoms with Crippen molar-refractivity contribution >= 4 is 52.8 Å². The van der Waals surface area contributed by atoms with Gasteiger partial charge in [-0.1, -0.05) is 6.92 Å². The molecule has 1 saturated heterocycles. The zero-order valence-corrected chi connectivity index (χ0v) is 17.2. The van der Waals surface area contributed by atoms with Crippen molar-refractivity contribution in [3.63, 3.8) is 0 Å². The van der Waals surface area contributed by atoms with Crippen LogP contribution in [0, 0.1) is 0 Å². The third-order valence-corrected chi connectivity index (χ3v) is 3.96. The molecule has 0 radical (unpaired) electrons. The van der Waals surface area contributed by atoms with E-state index < -0.39 is 11.8 Å². The van der Waals surface area contributed by atoms with Crippen molar-refractivity contribution in [3.8, 4) is 0 Å². The SMILES string of the molecule is CCCNc1nc(NC)nc(NC(=S)/N=C2\CC(=O)N(C(=O)c3cccnc3)N2)n1. The molecule has 2 amide bonds. The van der Waals surface area contributed by atoms with Gasteiger partial charge in [0.05, 0.1) is 12.0 Å². The zero-order chi connectivity index (χ0) is 21.5. The van der Waals surface area contributed by atoms with E-state index in [1.54, 1.807) is 19.2 Å². The molecule has 3 rings (SSSR count). The average Bonchev–Trinajstić information content (AvgIpc) is 3.11. The molecular weight excluding hydrogens is 408 g/mol. The van der Waals surface area contributed by atoms with E-state index in [-0.39, 0.29) is 28.9 Å². The number of amides is 2. The third kappa shape index (κ3) is 5.20. The van der Waals surface area contributed by atoms with E-state index >= 15 is 0 Å². The standard InChI is InChI=1S/C17H20N10O2S/c1-3-6-20-15-22-14(18-2)23-16(24-15)25-17(30)21-11-8-12(28)27(26-11)13(29)10-5-4-7-19-9-10/h4-5,7,9H,3,6,8H2,1-2H3,(H4,18,20,21,22,23,24,25,26,30). The van der Waals surface area contributed by atoms with E-state index in [1.807, 2.05) is 6.92 Å². The van der Waals surface area contributed by atoms with Crippen LogP contribution in [0.2, 0.25) is 0 Å². The molecule has 30 heavy (non-hydrogen) atoms. The molecule has 1 fully saturated rings. The number of aliphatic imine (C=N–C) groups is 1. The second-order valence-electron chi connectivity index (χ2n) is 6.04. The van der Waals surface area contributed by atoms with Gasteiger partial charge in [-0.15, -0.1) is 0 Å². The number of hydrogen-bond acceptors (Lipinski definition) is 9. The largest absolute Gasteiger partial charge is 0.357 e. The number of carbonyl (C=O) groups excluding carboxylic acids is 2. The van der Waals surface area contributed by atoms with Gasteiger partial charge in [0.25, 0.3) is 11.8 Å². The number of hydrogen-bond donors (Lipinski definition) is 4. The fourth-order valence-electron chi connectivity index (χ4n) is 2.41. The highest BCUT2D eigenvalue weighted by atomic mass is 32.1. The monoisotopic (exact) mass is 428 g/mol. The van der Waals surface area contributed by atoms with Crippen LogP contribution in [0.5, 0.6) is 0 Å². The lowest BCUT2D eigenvalue weighted by Crippen LogP contribution is -2.41. The maximum atomic E-state index is 12.4. The molecule has 156 valence electrons. The van der Waals surface area contributed by atoms with Gasteiger partial charge in [-0.25, -0.2) is 4.99 Å². The summed E-state index contributed by atoms with van der Waals surface area (Å²) < 4.78 is 0. The molecule has 12 nitrogen and oxygen atoms in total. The first-order chi connectivity index (χ1) is 14.5. The second-order valence-corrected chi connectivity index (χ2v) is 6.42. The lowest BCUT2D eigenvalue weighted by atomic mass is 10.2. The van der Waals surface area contributed by atoms with Crippen LogP contribution < -0.4 is 21.4 Å². The first-order valence-corrected chi connectivity index (χ1v) is 9.51. The summed E-state index contributed by atoms with van der Waals surface area (Å²) in [7, 11) is 1.68. The molecule has 0 unspecified atom stereocenters. The Labute approximate surface area is 177 Å². The lowest BCUT2D eigenvalue weighted by Gasteiger charge is -2.13. The van der Waals surface area contributed by atoms with Crippen LogP contribution in [-0.2, 0) is 4.79 Å². The molecule has 4 N–H and O–H groups in total. The highest BCUT2D eigenvalue weighted by Gasteiger charge is 2.32. The number of nitrogens with zero attached hydrogens (tertiary/aromatic N) is 6. The number of aromatic nitrogens is 4. The number of hydrazine groups is 1. The Kier molecular flexibility index (Phi) is 6.75. The number of carbonyl (C=O) groups is 2. The third-order valence-electron chi connectivity index (χ3n) is 3.77. The van der Waals surface area contributed by atoms with Crippen LogP contribution in [0.15, 0.2) is 29.5 Å². The van der Waals surface area contributed by atoms with Crippen molar-refractivity contribution in [3.05, 3.63) is 30.1 Å².